The number of benzene rings is 1. The van der Waals surface area contributed by atoms with Gasteiger partial charge in [-0.25, -0.2) is 9.97 Å². The highest BCUT2D eigenvalue weighted by molar-refractivity contribution is 7.99. The van der Waals surface area contributed by atoms with Gasteiger partial charge in [0, 0.05) is 59.1 Å². The first-order chi connectivity index (χ1) is 24.4. The molecule has 4 heterocycles. The molecule has 19 heteroatoms. The molecule has 4 aromatic rings. The van der Waals surface area contributed by atoms with Gasteiger partial charge in [-0.15, -0.1) is 11.3 Å². The number of aromatic nitrogens is 3. The number of carbonyl (C=O) groups excluding carboxylic acids is 3. The van der Waals surface area contributed by atoms with E-state index < -0.39 is 42.4 Å². The Hall–Kier alpha value is -5.11. The second kappa shape index (κ2) is 16.7. The molecule has 1 aliphatic heterocycles. The average Bonchev–Trinajstić information content (AvgIpc) is 3.42. The van der Waals surface area contributed by atoms with Crippen LogP contribution in [0.2, 0.25) is 0 Å². The number of rotatable bonds is 16. The monoisotopic (exact) mass is 740 g/mol. The molecule has 3 atom stereocenters. The number of anilines is 1. The molecule has 0 spiro atoms. The molecule has 0 radical (unpaired) electrons. The molecule has 0 unspecified atom stereocenters. The van der Waals surface area contributed by atoms with Gasteiger partial charge in [0.15, 0.2) is 5.16 Å². The van der Waals surface area contributed by atoms with E-state index in [1.165, 1.54) is 17.5 Å². The summed E-state index contributed by atoms with van der Waals surface area (Å²) < 4.78 is 12.7. The van der Waals surface area contributed by atoms with Crippen molar-refractivity contribution in [2.24, 2.45) is 5.73 Å². The number of nitrogens with one attached hydrogen (secondary N) is 4. The molecule has 1 aliphatic rings. The van der Waals surface area contributed by atoms with E-state index in [0.29, 0.717) is 29.1 Å². The number of nitrogens with zero attached hydrogens (tertiary/aromatic N) is 3. The number of pyridine rings is 1. The zero-order chi connectivity index (χ0) is 36.7. The summed E-state index contributed by atoms with van der Waals surface area (Å²) in [7, 11) is 0. The van der Waals surface area contributed by atoms with Crippen LogP contribution in [0.3, 0.4) is 0 Å². The Morgan fingerprint density at radius 3 is 2.73 bits per heavy atom. The van der Waals surface area contributed by atoms with Gasteiger partial charge in [-0.2, -0.15) is 4.98 Å². The molecule has 0 saturated heterocycles. The van der Waals surface area contributed by atoms with Crippen molar-refractivity contribution in [3.8, 4) is 11.8 Å². The van der Waals surface area contributed by atoms with Crippen LogP contribution in [0.1, 0.15) is 41.9 Å². The van der Waals surface area contributed by atoms with Gasteiger partial charge >= 0.3 is 11.9 Å². The third-order valence-corrected chi connectivity index (χ3v) is 9.68. The summed E-state index contributed by atoms with van der Waals surface area (Å²) in [5.41, 5.74) is 7.40. The van der Waals surface area contributed by atoms with Gasteiger partial charge in [0.25, 0.3) is 5.91 Å². The predicted octanol–water partition coefficient (Wildman–Crippen LogP) is 2.08. The van der Waals surface area contributed by atoms with Crippen molar-refractivity contribution >= 4 is 79.4 Å². The smallest absolute Gasteiger partial charge is 0.322 e. The van der Waals surface area contributed by atoms with Crippen LogP contribution in [-0.2, 0) is 30.5 Å². The molecule has 0 bridgehead atoms. The van der Waals surface area contributed by atoms with Gasteiger partial charge in [-0.3, -0.25) is 24.0 Å². The first-order valence-electron chi connectivity index (χ1n) is 15.9. The van der Waals surface area contributed by atoms with Crippen LogP contribution < -0.4 is 31.7 Å². The summed E-state index contributed by atoms with van der Waals surface area (Å²) in [6.45, 7) is 4.22. The minimum absolute atomic E-state index is 0.0318. The minimum atomic E-state index is -1.28. The average molecular weight is 741 g/mol. The molecular formula is C32H36N8O9S2. The Morgan fingerprint density at radius 2 is 1.98 bits per heavy atom. The number of amides is 3. The fourth-order valence-corrected chi connectivity index (χ4v) is 6.93. The largest absolute Gasteiger partial charge is 0.480 e. The lowest BCUT2D eigenvalue weighted by atomic mass is 10.1. The number of carboxylic acids is 2. The zero-order valence-electron chi connectivity index (χ0n) is 27.6. The number of carboxylic acid groups (broad SMARTS) is 2. The molecule has 0 saturated carbocycles. The SMILES string of the molecule is CCOCc1cnc(SC[C@H](NC(=O)CC[C@H](N)C(=O)O)C(=O)NCC(=O)O)nc1Oc1ccc2c(ccc3sc4c(c32)NC[C@@H](C)NC4=O)n1. The third-order valence-electron chi connectivity index (χ3n) is 7.58. The fourth-order valence-electron chi connectivity index (χ4n) is 5.01. The van der Waals surface area contributed by atoms with Crippen LogP contribution in [0.5, 0.6) is 11.8 Å². The quantitative estimate of drug-likeness (QED) is 0.0641. The number of carbonyl (C=O) groups is 5. The van der Waals surface area contributed by atoms with E-state index in [9.17, 15) is 24.0 Å². The third kappa shape index (κ3) is 9.37. The highest BCUT2D eigenvalue weighted by Gasteiger charge is 2.26. The molecule has 1 aromatic carbocycles. The van der Waals surface area contributed by atoms with E-state index in [-0.39, 0.29) is 54.1 Å². The number of hydrogen-bond acceptors (Lipinski definition) is 14. The highest BCUT2D eigenvalue weighted by Crippen LogP contribution is 2.41. The summed E-state index contributed by atoms with van der Waals surface area (Å²) in [5, 5.41) is 31.0. The first kappa shape index (κ1) is 37.2. The van der Waals surface area contributed by atoms with Crippen molar-refractivity contribution in [3.63, 3.8) is 0 Å². The molecule has 0 aliphatic carbocycles. The van der Waals surface area contributed by atoms with E-state index >= 15 is 0 Å². The number of thiophene rings is 1. The van der Waals surface area contributed by atoms with Gasteiger partial charge in [0.1, 0.15) is 23.5 Å². The topological polar surface area (TPSA) is 257 Å². The second-order valence-electron chi connectivity index (χ2n) is 11.5. The Kier molecular flexibility index (Phi) is 12.2. The molecule has 8 N–H and O–H groups in total. The summed E-state index contributed by atoms with van der Waals surface area (Å²) in [6, 6.07) is 4.81. The van der Waals surface area contributed by atoms with Gasteiger partial charge in [-0.05, 0) is 38.5 Å². The van der Waals surface area contributed by atoms with E-state index in [4.69, 9.17) is 30.4 Å². The van der Waals surface area contributed by atoms with Crippen LogP contribution >= 0.6 is 23.1 Å². The Bertz CT molecular complexity index is 1970. The van der Waals surface area contributed by atoms with Crippen molar-refractivity contribution in [1.29, 1.82) is 0 Å². The van der Waals surface area contributed by atoms with Crippen LogP contribution in [0.4, 0.5) is 5.69 Å². The zero-order valence-corrected chi connectivity index (χ0v) is 29.2. The minimum Gasteiger partial charge on any atom is -0.480 e. The maximum absolute atomic E-state index is 12.8. The van der Waals surface area contributed by atoms with E-state index in [1.807, 2.05) is 32.0 Å². The molecule has 0 fully saturated rings. The maximum Gasteiger partial charge on any atom is 0.322 e. The lowest BCUT2D eigenvalue weighted by molar-refractivity contribution is -0.139. The van der Waals surface area contributed by atoms with Crippen molar-refractivity contribution in [1.82, 2.24) is 30.9 Å². The van der Waals surface area contributed by atoms with Gasteiger partial charge in [0.2, 0.25) is 23.6 Å². The normalized spacial score (nSPS) is 15.2. The maximum atomic E-state index is 12.8. The van der Waals surface area contributed by atoms with Gasteiger partial charge in [-0.1, -0.05) is 11.8 Å². The van der Waals surface area contributed by atoms with Crippen LogP contribution in [-0.4, -0.2) is 98.4 Å². The van der Waals surface area contributed by atoms with E-state index in [2.05, 4.69) is 31.2 Å². The Balaban J connectivity index is 1.37. The molecule has 17 nitrogen and oxygen atoms in total. The lowest BCUT2D eigenvalue weighted by Gasteiger charge is -2.18. The molecule has 51 heavy (non-hydrogen) atoms. The molecule has 3 aromatic heterocycles. The van der Waals surface area contributed by atoms with Crippen LogP contribution in [0.25, 0.3) is 21.0 Å². The standard InChI is InChI=1S/C32H36N8O9S2/c1-3-48-13-16-11-36-32(50-14-20(28(44)35-12-24(42)43)38-22(41)8-5-18(33)31(46)47)40-30(16)49-23-9-4-17-19(39-23)6-7-21-25(17)26-27(51-21)29(45)37-15(2)10-34-26/h4,6-7,9,11,15,18,20,34H,3,5,8,10,12-14,33H2,1-2H3,(H,35,44)(H,37,45)(H,38,41)(H,42,43)(H,46,47)/t15-,18+,20+/m1/s1. The number of thioether (sulfide) groups is 1. The summed E-state index contributed by atoms with van der Waals surface area (Å²) >= 11 is 2.40. The fraction of sp³-hybridized carbons (Fsp3) is 0.375. The van der Waals surface area contributed by atoms with Crippen molar-refractivity contribution in [3.05, 3.63) is 40.9 Å². The van der Waals surface area contributed by atoms with Gasteiger partial charge < -0.3 is 46.7 Å². The number of aliphatic carboxylic acids is 2. The molecule has 5 rings (SSSR count). The number of hydrogen-bond donors (Lipinski definition) is 7. The second-order valence-corrected chi connectivity index (χ2v) is 13.5. The van der Waals surface area contributed by atoms with Crippen LogP contribution in [0.15, 0.2) is 35.6 Å². The van der Waals surface area contributed by atoms with Crippen LogP contribution in [0, 0.1) is 0 Å². The van der Waals surface area contributed by atoms with E-state index in [0.717, 1.165) is 32.9 Å². The predicted molar refractivity (Wildman–Crippen MR) is 188 cm³/mol. The molecule has 3 amide bonds. The Morgan fingerprint density at radius 1 is 1.18 bits per heavy atom. The summed E-state index contributed by atoms with van der Waals surface area (Å²) in [5.74, 6) is -3.83. The van der Waals surface area contributed by atoms with Crippen molar-refractivity contribution < 1.29 is 43.7 Å². The van der Waals surface area contributed by atoms with E-state index in [1.54, 1.807) is 6.07 Å². The van der Waals surface area contributed by atoms with Gasteiger partial charge in [0.05, 0.1) is 23.4 Å². The number of fused-ring (bicyclic) bond motifs is 5. The highest BCUT2D eigenvalue weighted by atomic mass is 32.2. The van der Waals surface area contributed by atoms with Crippen molar-refractivity contribution in [2.75, 3.05) is 30.8 Å². The summed E-state index contributed by atoms with van der Waals surface area (Å²) in [4.78, 5) is 74.4. The van der Waals surface area contributed by atoms with Crippen molar-refractivity contribution in [2.45, 2.75) is 56.6 Å². The lowest BCUT2D eigenvalue weighted by Crippen LogP contribution is -2.49. The summed E-state index contributed by atoms with van der Waals surface area (Å²) in [6.07, 6.45) is 1.07. The Labute approximate surface area is 299 Å². The number of nitrogens with two attached hydrogens (primary N) is 1. The first-order valence-corrected chi connectivity index (χ1v) is 17.7. The molecule has 270 valence electrons. The molecular weight excluding hydrogens is 705 g/mol. The number of ether oxygens (including phenoxy) is 2.